The number of nitrogens with one attached hydrogen (secondary N) is 1. The van der Waals surface area contributed by atoms with Crippen LogP contribution in [0, 0.1) is 6.92 Å². The highest BCUT2D eigenvalue weighted by Crippen LogP contribution is 2.27. The van der Waals surface area contributed by atoms with Crippen molar-refractivity contribution in [1.29, 1.82) is 0 Å². The van der Waals surface area contributed by atoms with Crippen LogP contribution < -0.4 is 11.3 Å². The quantitative estimate of drug-likeness (QED) is 0.642. The van der Waals surface area contributed by atoms with Gasteiger partial charge in [-0.1, -0.05) is 37.9 Å². The van der Waals surface area contributed by atoms with Gasteiger partial charge >= 0.3 is 0 Å². The number of rotatable bonds is 3. The Balaban J connectivity index is 2.45. The number of nitrogens with two attached hydrogens (primary N) is 1. The maximum absolute atomic E-state index is 5.68. The van der Waals surface area contributed by atoms with Crippen LogP contribution in [0.25, 0.3) is 0 Å². The van der Waals surface area contributed by atoms with Crippen molar-refractivity contribution in [1.82, 2.24) is 10.4 Å². The first kappa shape index (κ1) is 13.7. The summed E-state index contributed by atoms with van der Waals surface area (Å²) in [5, 5.41) is 0. The minimum Gasteiger partial charge on any atom is -0.271 e. The molecule has 1 unspecified atom stereocenters. The lowest BCUT2D eigenvalue weighted by Gasteiger charge is -2.17. The zero-order valence-corrected chi connectivity index (χ0v) is 13.0. The van der Waals surface area contributed by atoms with E-state index in [1.165, 1.54) is 0 Å². The lowest BCUT2D eigenvalue weighted by atomic mass is 10.00. The predicted molar refractivity (Wildman–Crippen MR) is 80.0 cm³/mol. The van der Waals surface area contributed by atoms with E-state index in [0.29, 0.717) is 0 Å². The first-order valence-corrected chi connectivity index (χ1v) is 7.02. The minimum atomic E-state index is -0.0776. The number of hydrogen-bond donors (Lipinski definition) is 2. The third-order valence-corrected chi connectivity index (χ3v) is 3.53. The molecule has 0 fully saturated rings. The molecule has 3 nitrogen and oxygen atoms in total. The number of hydrazine groups is 1. The van der Waals surface area contributed by atoms with Crippen molar-refractivity contribution in [2.75, 3.05) is 0 Å². The smallest absolute Gasteiger partial charge is 0.0725 e. The zero-order chi connectivity index (χ0) is 13.1. The van der Waals surface area contributed by atoms with Crippen LogP contribution in [-0.4, -0.2) is 4.98 Å². The molecule has 0 bridgehead atoms. The Labute approximate surface area is 123 Å². The lowest BCUT2D eigenvalue weighted by molar-refractivity contribution is 0.633. The van der Waals surface area contributed by atoms with E-state index < -0.39 is 0 Å². The summed E-state index contributed by atoms with van der Waals surface area (Å²) in [6.45, 7) is 2.01. The van der Waals surface area contributed by atoms with Crippen LogP contribution in [0.3, 0.4) is 0 Å². The molecule has 1 atom stereocenters. The van der Waals surface area contributed by atoms with Crippen molar-refractivity contribution in [3.8, 4) is 0 Å². The maximum Gasteiger partial charge on any atom is 0.0725 e. The van der Waals surface area contributed by atoms with E-state index in [2.05, 4.69) is 48.3 Å². The van der Waals surface area contributed by atoms with Gasteiger partial charge in [0, 0.05) is 21.3 Å². The van der Waals surface area contributed by atoms with Crippen LogP contribution in [0.5, 0.6) is 0 Å². The fourth-order valence-electron chi connectivity index (χ4n) is 1.86. The van der Waals surface area contributed by atoms with Gasteiger partial charge in [-0.25, -0.2) is 5.43 Å². The van der Waals surface area contributed by atoms with Gasteiger partial charge in [0.15, 0.2) is 0 Å². The molecule has 2 aromatic rings. The molecular weight excluding hydrogens is 358 g/mol. The van der Waals surface area contributed by atoms with Crippen LogP contribution in [0.2, 0.25) is 0 Å². The van der Waals surface area contributed by atoms with E-state index in [-0.39, 0.29) is 6.04 Å². The van der Waals surface area contributed by atoms with Gasteiger partial charge in [-0.05, 0) is 41.8 Å². The summed E-state index contributed by atoms with van der Waals surface area (Å²) < 4.78 is 2.01. The molecule has 0 aliphatic carbocycles. The molecule has 3 N–H and O–H groups in total. The third kappa shape index (κ3) is 3.17. The van der Waals surface area contributed by atoms with E-state index in [4.69, 9.17) is 5.84 Å². The van der Waals surface area contributed by atoms with E-state index in [1.807, 2.05) is 37.5 Å². The zero-order valence-electron chi connectivity index (χ0n) is 9.82. The Kier molecular flexibility index (Phi) is 4.50. The number of nitrogens with zero attached hydrogens (tertiary/aromatic N) is 1. The van der Waals surface area contributed by atoms with Gasteiger partial charge in [0.1, 0.15) is 0 Å². The van der Waals surface area contributed by atoms with Crippen molar-refractivity contribution < 1.29 is 0 Å². The molecule has 0 spiro atoms. The number of halogens is 2. The highest BCUT2D eigenvalue weighted by atomic mass is 79.9. The fourth-order valence-corrected chi connectivity index (χ4v) is 3.19. The molecule has 0 radical (unpaired) electrons. The van der Waals surface area contributed by atoms with E-state index >= 15 is 0 Å². The van der Waals surface area contributed by atoms with Gasteiger partial charge < -0.3 is 0 Å². The molecule has 5 heteroatoms. The number of hydrogen-bond acceptors (Lipinski definition) is 3. The molecule has 2 rings (SSSR count). The van der Waals surface area contributed by atoms with E-state index in [0.717, 1.165) is 25.6 Å². The first-order valence-electron chi connectivity index (χ1n) is 5.44. The van der Waals surface area contributed by atoms with Crippen LogP contribution in [-0.2, 0) is 0 Å². The number of benzene rings is 1. The highest BCUT2D eigenvalue weighted by molar-refractivity contribution is 9.11. The number of pyridine rings is 1. The molecule has 0 saturated carbocycles. The fraction of sp³-hybridized carbons (Fsp3) is 0.154. The SMILES string of the molecule is Cc1cncc(C(NN)c2cc(Br)cc(Br)c2)c1. The Morgan fingerprint density at radius 3 is 2.28 bits per heavy atom. The average molecular weight is 371 g/mol. The molecule has 0 aliphatic heterocycles. The maximum atomic E-state index is 5.68. The lowest BCUT2D eigenvalue weighted by Crippen LogP contribution is -2.29. The van der Waals surface area contributed by atoms with Crippen molar-refractivity contribution >= 4 is 31.9 Å². The summed E-state index contributed by atoms with van der Waals surface area (Å²) in [4.78, 5) is 4.20. The van der Waals surface area contributed by atoms with Crippen molar-refractivity contribution in [3.05, 3.63) is 62.3 Å². The van der Waals surface area contributed by atoms with Gasteiger partial charge in [-0.2, -0.15) is 0 Å². The molecule has 0 aliphatic rings. The Morgan fingerprint density at radius 1 is 1.06 bits per heavy atom. The van der Waals surface area contributed by atoms with Gasteiger partial charge in [0.05, 0.1) is 6.04 Å². The second-order valence-electron chi connectivity index (χ2n) is 4.10. The largest absolute Gasteiger partial charge is 0.271 e. The van der Waals surface area contributed by atoms with E-state index in [1.54, 1.807) is 0 Å². The summed E-state index contributed by atoms with van der Waals surface area (Å²) in [5.74, 6) is 5.68. The van der Waals surface area contributed by atoms with Crippen LogP contribution in [0.1, 0.15) is 22.7 Å². The summed E-state index contributed by atoms with van der Waals surface area (Å²) in [6, 6.07) is 8.07. The molecule has 1 aromatic heterocycles. The first-order chi connectivity index (χ1) is 8.60. The number of aromatic nitrogens is 1. The molecule has 1 aromatic carbocycles. The van der Waals surface area contributed by atoms with Crippen LogP contribution >= 0.6 is 31.9 Å². The third-order valence-electron chi connectivity index (χ3n) is 2.61. The summed E-state index contributed by atoms with van der Waals surface area (Å²) in [5.41, 5.74) is 6.07. The molecule has 94 valence electrons. The summed E-state index contributed by atoms with van der Waals surface area (Å²) in [7, 11) is 0. The van der Waals surface area contributed by atoms with Gasteiger partial charge in [0.2, 0.25) is 0 Å². The Morgan fingerprint density at radius 2 is 1.72 bits per heavy atom. The van der Waals surface area contributed by atoms with Crippen LogP contribution in [0.4, 0.5) is 0 Å². The number of aryl methyl sites for hydroxylation is 1. The molecule has 0 amide bonds. The van der Waals surface area contributed by atoms with Gasteiger partial charge in [-0.3, -0.25) is 10.8 Å². The Bertz CT molecular complexity index is 537. The average Bonchev–Trinajstić information content (AvgIpc) is 2.28. The monoisotopic (exact) mass is 369 g/mol. The standard InChI is InChI=1S/C13H13Br2N3/c1-8-2-10(7-17-6-8)13(18-16)9-3-11(14)5-12(15)4-9/h2-7,13,18H,16H2,1H3. The van der Waals surface area contributed by atoms with Crippen LogP contribution in [0.15, 0.2) is 45.6 Å². The van der Waals surface area contributed by atoms with Gasteiger partial charge in [0.25, 0.3) is 0 Å². The van der Waals surface area contributed by atoms with E-state index in [9.17, 15) is 0 Å². The molecule has 0 saturated heterocycles. The predicted octanol–water partition coefficient (Wildman–Crippen LogP) is 3.47. The Hall–Kier alpha value is -0.750. The summed E-state index contributed by atoms with van der Waals surface area (Å²) >= 11 is 6.97. The van der Waals surface area contributed by atoms with Gasteiger partial charge in [-0.15, -0.1) is 0 Å². The van der Waals surface area contributed by atoms with Crippen molar-refractivity contribution in [2.45, 2.75) is 13.0 Å². The normalized spacial score (nSPS) is 12.4. The summed E-state index contributed by atoms with van der Waals surface area (Å²) in [6.07, 6.45) is 3.65. The van der Waals surface area contributed by atoms with Crippen molar-refractivity contribution in [2.24, 2.45) is 5.84 Å². The second kappa shape index (κ2) is 5.93. The van der Waals surface area contributed by atoms with Crippen molar-refractivity contribution in [3.63, 3.8) is 0 Å². The minimum absolute atomic E-state index is 0.0776. The molecule has 1 heterocycles. The molecule has 18 heavy (non-hydrogen) atoms. The highest BCUT2D eigenvalue weighted by Gasteiger charge is 2.14. The molecular formula is C13H13Br2N3. The topological polar surface area (TPSA) is 50.9 Å². The second-order valence-corrected chi connectivity index (χ2v) is 5.93.